The summed E-state index contributed by atoms with van der Waals surface area (Å²) in [5, 5.41) is 12.3. The van der Waals surface area contributed by atoms with Crippen molar-refractivity contribution in [2.45, 2.75) is 31.6 Å². The van der Waals surface area contributed by atoms with Crippen LogP contribution in [0.4, 0.5) is 5.95 Å². The van der Waals surface area contributed by atoms with Crippen molar-refractivity contribution in [3.8, 4) is 0 Å². The molecule has 0 bridgehead atoms. The van der Waals surface area contributed by atoms with E-state index in [9.17, 15) is 0 Å². The van der Waals surface area contributed by atoms with E-state index in [2.05, 4.69) is 15.3 Å². The van der Waals surface area contributed by atoms with E-state index in [1.807, 2.05) is 6.07 Å². The van der Waals surface area contributed by atoms with Gasteiger partial charge in [0.1, 0.15) is 0 Å². The van der Waals surface area contributed by atoms with Gasteiger partial charge in [0.05, 0.1) is 18.4 Å². The van der Waals surface area contributed by atoms with Crippen LogP contribution < -0.4 is 5.32 Å². The molecule has 1 aliphatic rings. The lowest BCUT2D eigenvalue weighted by molar-refractivity contribution is 0.0834. The SMILES string of the molecule is COCc1ccnc(NC2CC(O)C2)n1. The van der Waals surface area contributed by atoms with Crippen LogP contribution in [0.3, 0.4) is 0 Å². The van der Waals surface area contributed by atoms with Crippen molar-refractivity contribution in [1.29, 1.82) is 0 Å². The molecule has 0 amide bonds. The molecular weight excluding hydrogens is 194 g/mol. The number of ether oxygens (including phenoxy) is 1. The first-order chi connectivity index (χ1) is 7.28. The van der Waals surface area contributed by atoms with E-state index in [4.69, 9.17) is 9.84 Å². The number of aliphatic hydroxyl groups is 1. The topological polar surface area (TPSA) is 67.3 Å². The minimum Gasteiger partial charge on any atom is -0.393 e. The molecule has 5 nitrogen and oxygen atoms in total. The summed E-state index contributed by atoms with van der Waals surface area (Å²) in [5.41, 5.74) is 0.856. The molecule has 0 unspecified atom stereocenters. The fourth-order valence-corrected chi connectivity index (χ4v) is 1.58. The Hall–Kier alpha value is -1.20. The van der Waals surface area contributed by atoms with Crippen LogP contribution in [0, 0.1) is 0 Å². The van der Waals surface area contributed by atoms with Gasteiger partial charge in [-0.15, -0.1) is 0 Å². The lowest BCUT2D eigenvalue weighted by atomic mass is 9.90. The van der Waals surface area contributed by atoms with E-state index in [1.54, 1.807) is 13.3 Å². The summed E-state index contributed by atoms with van der Waals surface area (Å²) in [6.45, 7) is 0.491. The number of rotatable bonds is 4. The number of aliphatic hydroxyl groups excluding tert-OH is 1. The largest absolute Gasteiger partial charge is 0.393 e. The number of nitrogens with zero attached hydrogens (tertiary/aromatic N) is 2. The van der Waals surface area contributed by atoms with E-state index in [0.717, 1.165) is 18.5 Å². The van der Waals surface area contributed by atoms with Crippen LogP contribution in [0.25, 0.3) is 0 Å². The fourth-order valence-electron chi connectivity index (χ4n) is 1.58. The van der Waals surface area contributed by atoms with Gasteiger partial charge in [-0.25, -0.2) is 9.97 Å². The third kappa shape index (κ3) is 2.64. The highest BCUT2D eigenvalue weighted by Crippen LogP contribution is 2.22. The first-order valence-electron chi connectivity index (χ1n) is 5.03. The van der Waals surface area contributed by atoms with E-state index >= 15 is 0 Å². The van der Waals surface area contributed by atoms with Crippen molar-refractivity contribution >= 4 is 5.95 Å². The van der Waals surface area contributed by atoms with E-state index in [0.29, 0.717) is 18.6 Å². The second-order valence-corrected chi connectivity index (χ2v) is 3.77. The normalized spacial score (nSPS) is 24.7. The monoisotopic (exact) mass is 209 g/mol. The Kier molecular flexibility index (Phi) is 3.13. The van der Waals surface area contributed by atoms with Gasteiger partial charge in [-0.1, -0.05) is 0 Å². The van der Waals surface area contributed by atoms with Crippen molar-refractivity contribution in [2.24, 2.45) is 0 Å². The Morgan fingerprint density at radius 3 is 3.07 bits per heavy atom. The van der Waals surface area contributed by atoms with Crippen LogP contribution in [0.2, 0.25) is 0 Å². The maximum absolute atomic E-state index is 9.13. The maximum Gasteiger partial charge on any atom is 0.223 e. The van der Waals surface area contributed by atoms with Crippen molar-refractivity contribution in [1.82, 2.24) is 9.97 Å². The molecule has 0 radical (unpaired) electrons. The predicted molar refractivity (Wildman–Crippen MR) is 55.4 cm³/mol. The summed E-state index contributed by atoms with van der Waals surface area (Å²) in [5.74, 6) is 0.612. The molecule has 1 saturated carbocycles. The Morgan fingerprint density at radius 2 is 2.40 bits per heavy atom. The number of hydrogen-bond acceptors (Lipinski definition) is 5. The summed E-state index contributed by atoms with van der Waals surface area (Å²) in [4.78, 5) is 8.39. The first kappa shape index (κ1) is 10.3. The molecule has 0 saturated heterocycles. The minimum atomic E-state index is -0.162. The number of methoxy groups -OCH3 is 1. The summed E-state index contributed by atoms with van der Waals surface area (Å²) in [6.07, 6.45) is 3.10. The average molecular weight is 209 g/mol. The zero-order valence-electron chi connectivity index (χ0n) is 8.68. The van der Waals surface area contributed by atoms with Gasteiger partial charge in [0, 0.05) is 19.3 Å². The van der Waals surface area contributed by atoms with Crippen LogP contribution in [-0.4, -0.2) is 34.3 Å². The first-order valence-corrected chi connectivity index (χ1v) is 5.03. The molecule has 0 aromatic carbocycles. The Bertz CT molecular complexity index is 326. The fraction of sp³-hybridized carbons (Fsp3) is 0.600. The molecule has 0 atom stereocenters. The molecule has 1 aromatic heterocycles. The molecule has 2 N–H and O–H groups in total. The Balaban J connectivity index is 1.93. The lowest BCUT2D eigenvalue weighted by Crippen LogP contribution is -2.39. The smallest absolute Gasteiger partial charge is 0.223 e. The van der Waals surface area contributed by atoms with Gasteiger partial charge in [0.2, 0.25) is 5.95 Å². The molecule has 1 heterocycles. The highest BCUT2D eigenvalue weighted by Gasteiger charge is 2.27. The van der Waals surface area contributed by atoms with Gasteiger partial charge in [-0.2, -0.15) is 0 Å². The van der Waals surface area contributed by atoms with Crippen LogP contribution in [0.1, 0.15) is 18.5 Å². The summed E-state index contributed by atoms with van der Waals surface area (Å²) in [7, 11) is 1.64. The van der Waals surface area contributed by atoms with Gasteiger partial charge in [-0.05, 0) is 18.9 Å². The highest BCUT2D eigenvalue weighted by atomic mass is 16.5. The average Bonchev–Trinajstić information content (AvgIpc) is 2.17. The molecule has 1 aliphatic carbocycles. The summed E-state index contributed by atoms with van der Waals surface area (Å²) >= 11 is 0. The number of anilines is 1. The summed E-state index contributed by atoms with van der Waals surface area (Å²) < 4.78 is 4.99. The van der Waals surface area contributed by atoms with E-state index in [-0.39, 0.29) is 6.10 Å². The zero-order valence-corrected chi connectivity index (χ0v) is 8.68. The van der Waals surface area contributed by atoms with Gasteiger partial charge >= 0.3 is 0 Å². The maximum atomic E-state index is 9.13. The van der Waals surface area contributed by atoms with E-state index < -0.39 is 0 Å². The van der Waals surface area contributed by atoms with Crippen molar-refractivity contribution in [3.63, 3.8) is 0 Å². The third-order valence-corrected chi connectivity index (χ3v) is 2.45. The van der Waals surface area contributed by atoms with Crippen molar-refractivity contribution in [2.75, 3.05) is 12.4 Å². The quantitative estimate of drug-likeness (QED) is 0.758. The van der Waals surface area contributed by atoms with Gasteiger partial charge in [0.25, 0.3) is 0 Å². The van der Waals surface area contributed by atoms with Gasteiger partial charge in [0.15, 0.2) is 0 Å². The predicted octanol–water partition coefficient (Wildman–Crippen LogP) is 0.558. The molecule has 0 spiro atoms. The molecule has 1 fully saturated rings. The number of aromatic nitrogens is 2. The zero-order chi connectivity index (χ0) is 10.7. The Labute approximate surface area is 88.5 Å². The van der Waals surface area contributed by atoms with Crippen LogP contribution in [0.15, 0.2) is 12.3 Å². The van der Waals surface area contributed by atoms with E-state index in [1.165, 1.54) is 0 Å². The lowest BCUT2D eigenvalue weighted by Gasteiger charge is -2.31. The highest BCUT2D eigenvalue weighted by molar-refractivity contribution is 5.27. The molecule has 1 aromatic rings. The second-order valence-electron chi connectivity index (χ2n) is 3.77. The van der Waals surface area contributed by atoms with Crippen molar-refractivity contribution in [3.05, 3.63) is 18.0 Å². The van der Waals surface area contributed by atoms with Gasteiger partial charge < -0.3 is 15.2 Å². The van der Waals surface area contributed by atoms with Crippen LogP contribution in [-0.2, 0) is 11.3 Å². The third-order valence-electron chi connectivity index (χ3n) is 2.45. The van der Waals surface area contributed by atoms with Crippen LogP contribution in [0.5, 0.6) is 0 Å². The minimum absolute atomic E-state index is 0.162. The molecule has 5 heteroatoms. The number of hydrogen-bond donors (Lipinski definition) is 2. The standard InChI is InChI=1S/C10H15N3O2/c1-15-6-7-2-3-11-10(12-7)13-8-4-9(14)5-8/h2-3,8-9,14H,4-6H2,1H3,(H,11,12,13). The summed E-state index contributed by atoms with van der Waals surface area (Å²) in [6, 6.07) is 2.13. The number of nitrogens with one attached hydrogen (secondary N) is 1. The molecule has 15 heavy (non-hydrogen) atoms. The van der Waals surface area contributed by atoms with Gasteiger partial charge in [-0.3, -0.25) is 0 Å². The van der Waals surface area contributed by atoms with Crippen LogP contribution >= 0.6 is 0 Å². The molecule has 0 aliphatic heterocycles. The Morgan fingerprint density at radius 1 is 1.60 bits per heavy atom. The molecular formula is C10H15N3O2. The van der Waals surface area contributed by atoms with Crippen molar-refractivity contribution < 1.29 is 9.84 Å². The molecule has 82 valence electrons. The second kappa shape index (κ2) is 4.55. The molecule has 2 rings (SSSR count).